The Kier molecular flexibility index (Phi) is 4.43. The molecule has 0 saturated heterocycles. The van der Waals surface area contributed by atoms with Crippen LogP contribution in [0.15, 0.2) is 38.9 Å². The third-order valence-electron chi connectivity index (χ3n) is 4.37. The Hall–Kier alpha value is -1.99. The van der Waals surface area contributed by atoms with E-state index in [1.54, 1.807) is 24.7 Å². The molecule has 0 fully saturated rings. The largest absolute Gasteiger partial charge is 0.496 e. The van der Waals surface area contributed by atoms with Gasteiger partial charge >= 0.3 is 0 Å². The number of methoxy groups -OCH3 is 1. The van der Waals surface area contributed by atoms with E-state index in [0.29, 0.717) is 5.75 Å². The van der Waals surface area contributed by atoms with Crippen LogP contribution >= 0.6 is 27.3 Å². The number of hydrogen-bond donors (Lipinski definition) is 0. The molecule has 0 saturated carbocycles. The SMILES string of the molecule is COc1ccc(Br)cc1/C=N\n1cnc2sc3c(c2c1=O)CCCC3. The molecule has 0 radical (unpaired) electrons. The van der Waals surface area contributed by atoms with Gasteiger partial charge in [0.2, 0.25) is 0 Å². The minimum atomic E-state index is -0.102. The van der Waals surface area contributed by atoms with Crippen molar-refractivity contribution >= 4 is 43.7 Å². The van der Waals surface area contributed by atoms with Gasteiger partial charge in [0.25, 0.3) is 5.56 Å². The summed E-state index contributed by atoms with van der Waals surface area (Å²) in [7, 11) is 1.61. The summed E-state index contributed by atoms with van der Waals surface area (Å²) in [6.45, 7) is 0. The van der Waals surface area contributed by atoms with Gasteiger partial charge in [-0.15, -0.1) is 11.3 Å². The third-order valence-corrected chi connectivity index (χ3v) is 6.07. The van der Waals surface area contributed by atoms with Gasteiger partial charge in [-0.05, 0) is 49.4 Å². The quantitative estimate of drug-likeness (QED) is 0.605. The fourth-order valence-electron chi connectivity index (χ4n) is 3.15. The smallest absolute Gasteiger partial charge is 0.282 e. The monoisotopic (exact) mass is 417 g/mol. The van der Waals surface area contributed by atoms with Gasteiger partial charge in [-0.1, -0.05) is 15.9 Å². The van der Waals surface area contributed by atoms with Crippen molar-refractivity contribution in [3.8, 4) is 5.75 Å². The number of rotatable bonds is 3. The van der Waals surface area contributed by atoms with Gasteiger partial charge < -0.3 is 4.74 Å². The Morgan fingerprint density at radius 2 is 2.20 bits per heavy atom. The molecule has 3 aromatic rings. The van der Waals surface area contributed by atoms with Gasteiger partial charge in [-0.3, -0.25) is 4.79 Å². The van der Waals surface area contributed by atoms with E-state index >= 15 is 0 Å². The molecule has 0 N–H and O–H groups in total. The highest BCUT2D eigenvalue weighted by Gasteiger charge is 2.19. The van der Waals surface area contributed by atoms with Crippen molar-refractivity contribution in [2.45, 2.75) is 25.7 Å². The molecule has 4 rings (SSSR count). The van der Waals surface area contributed by atoms with E-state index in [-0.39, 0.29) is 5.56 Å². The Morgan fingerprint density at radius 3 is 3.04 bits per heavy atom. The third kappa shape index (κ3) is 3.02. The maximum absolute atomic E-state index is 12.9. The van der Waals surface area contributed by atoms with Gasteiger partial charge in [0.05, 0.1) is 18.7 Å². The minimum absolute atomic E-state index is 0.102. The van der Waals surface area contributed by atoms with E-state index in [0.717, 1.165) is 39.5 Å². The van der Waals surface area contributed by atoms with Crippen molar-refractivity contribution in [3.63, 3.8) is 0 Å². The van der Waals surface area contributed by atoms with Crippen LogP contribution in [0.25, 0.3) is 10.2 Å². The molecule has 5 nitrogen and oxygen atoms in total. The Labute approximate surface area is 157 Å². The fraction of sp³-hybridized carbons (Fsp3) is 0.278. The van der Waals surface area contributed by atoms with E-state index in [2.05, 4.69) is 26.0 Å². The molecular formula is C18H16BrN3O2S. The van der Waals surface area contributed by atoms with Crippen LogP contribution in [-0.2, 0) is 12.8 Å². The first-order valence-corrected chi connectivity index (χ1v) is 9.68. The summed E-state index contributed by atoms with van der Waals surface area (Å²) >= 11 is 5.08. The van der Waals surface area contributed by atoms with Crippen LogP contribution in [0.3, 0.4) is 0 Å². The van der Waals surface area contributed by atoms with Gasteiger partial charge in [0.1, 0.15) is 16.9 Å². The molecule has 25 heavy (non-hydrogen) atoms. The second kappa shape index (κ2) is 6.72. The van der Waals surface area contributed by atoms with Crippen LogP contribution in [-0.4, -0.2) is 23.0 Å². The lowest BCUT2D eigenvalue weighted by Gasteiger charge is -2.09. The van der Waals surface area contributed by atoms with Crippen LogP contribution in [0.5, 0.6) is 5.75 Å². The molecule has 7 heteroatoms. The molecule has 0 amide bonds. The number of aryl methyl sites for hydroxylation is 2. The first kappa shape index (κ1) is 16.5. The Morgan fingerprint density at radius 1 is 1.36 bits per heavy atom. The summed E-state index contributed by atoms with van der Waals surface area (Å²) < 4.78 is 7.57. The maximum Gasteiger partial charge on any atom is 0.282 e. The summed E-state index contributed by atoms with van der Waals surface area (Å²) in [5.41, 5.74) is 1.86. The maximum atomic E-state index is 12.9. The zero-order valence-electron chi connectivity index (χ0n) is 13.7. The number of halogens is 1. The highest BCUT2D eigenvalue weighted by Crippen LogP contribution is 2.33. The molecule has 1 aliphatic carbocycles. The summed E-state index contributed by atoms with van der Waals surface area (Å²) in [5, 5.41) is 5.06. The number of fused-ring (bicyclic) bond motifs is 3. The molecule has 0 unspecified atom stereocenters. The first-order chi connectivity index (χ1) is 12.2. The van der Waals surface area contributed by atoms with Gasteiger partial charge in [0, 0.05) is 14.9 Å². The second-order valence-corrected chi connectivity index (χ2v) is 7.92. The van der Waals surface area contributed by atoms with Crippen molar-refractivity contribution in [2.75, 3.05) is 7.11 Å². The summed E-state index contributed by atoms with van der Waals surface area (Å²) in [4.78, 5) is 19.5. The molecule has 0 atom stereocenters. The topological polar surface area (TPSA) is 56.5 Å². The molecule has 1 aliphatic rings. The fourth-order valence-corrected chi connectivity index (χ4v) is 4.75. The number of aromatic nitrogens is 2. The van der Waals surface area contributed by atoms with Crippen molar-refractivity contribution in [1.82, 2.24) is 9.66 Å². The zero-order valence-corrected chi connectivity index (χ0v) is 16.1. The average Bonchev–Trinajstić information content (AvgIpc) is 3.00. The number of hydrogen-bond acceptors (Lipinski definition) is 5. The standard InChI is InChI=1S/C18H16BrN3O2S/c1-24-14-7-6-12(19)8-11(14)9-21-22-10-20-17-16(18(22)23)13-4-2-3-5-15(13)25-17/h6-10H,2-5H2,1H3/b21-9-. The lowest BCUT2D eigenvalue weighted by atomic mass is 9.97. The number of ether oxygens (including phenoxy) is 1. The van der Waals surface area contributed by atoms with Crippen LogP contribution < -0.4 is 10.3 Å². The van der Waals surface area contributed by atoms with E-state index in [1.165, 1.54) is 27.9 Å². The van der Waals surface area contributed by atoms with Crippen molar-refractivity contribution < 1.29 is 4.74 Å². The van der Waals surface area contributed by atoms with E-state index in [9.17, 15) is 4.79 Å². The molecule has 0 spiro atoms. The molecule has 2 heterocycles. The predicted molar refractivity (Wildman–Crippen MR) is 104 cm³/mol. The highest BCUT2D eigenvalue weighted by molar-refractivity contribution is 9.10. The number of thiophene rings is 1. The van der Waals surface area contributed by atoms with E-state index < -0.39 is 0 Å². The summed E-state index contributed by atoms with van der Waals surface area (Å²) in [5.74, 6) is 0.696. The first-order valence-electron chi connectivity index (χ1n) is 8.07. The van der Waals surface area contributed by atoms with Crippen LogP contribution in [0.1, 0.15) is 28.8 Å². The predicted octanol–water partition coefficient (Wildman–Crippen LogP) is 3.99. The van der Waals surface area contributed by atoms with E-state index in [1.807, 2.05) is 18.2 Å². The van der Waals surface area contributed by atoms with Gasteiger partial charge in [0.15, 0.2) is 0 Å². The minimum Gasteiger partial charge on any atom is -0.496 e. The van der Waals surface area contributed by atoms with Gasteiger partial charge in [-0.2, -0.15) is 9.78 Å². The lowest BCUT2D eigenvalue weighted by Crippen LogP contribution is -2.18. The Bertz CT molecular complexity index is 1040. The van der Waals surface area contributed by atoms with Crippen molar-refractivity contribution in [1.29, 1.82) is 0 Å². The number of nitrogens with zero attached hydrogens (tertiary/aromatic N) is 3. The van der Waals surface area contributed by atoms with Gasteiger partial charge in [-0.25, -0.2) is 4.98 Å². The van der Waals surface area contributed by atoms with Crippen molar-refractivity contribution in [2.24, 2.45) is 5.10 Å². The molecule has 0 bridgehead atoms. The van der Waals surface area contributed by atoms with Crippen LogP contribution in [0.2, 0.25) is 0 Å². The van der Waals surface area contributed by atoms with Crippen LogP contribution in [0, 0.1) is 0 Å². The normalized spacial score (nSPS) is 14.2. The zero-order chi connectivity index (χ0) is 17.4. The van der Waals surface area contributed by atoms with E-state index in [4.69, 9.17) is 4.74 Å². The average molecular weight is 418 g/mol. The summed E-state index contributed by atoms with van der Waals surface area (Å²) in [6, 6.07) is 5.64. The second-order valence-electron chi connectivity index (χ2n) is 5.92. The Balaban J connectivity index is 1.79. The van der Waals surface area contributed by atoms with Crippen LogP contribution in [0.4, 0.5) is 0 Å². The molecule has 128 valence electrons. The highest BCUT2D eigenvalue weighted by atomic mass is 79.9. The number of benzene rings is 1. The van der Waals surface area contributed by atoms with Crippen molar-refractivity contribution in [3.05, 3.63) is 55.4 Å². The summed E-state index contributed by atoms with van der Waals surface area (Å²) in [6.07, 6.45) is 7.44. The molecule has 2 aromatic heterocycles. The lowest BCUT2D eigenvalue weighted by molar-refractivity contribution is 0.414. The molecular weight excluding hydrogens is 402 g/mol. The molecule has 1 aromatic carbocycles. The molecule has 0 aliphatic heterocycles.